The predicted molar refractivity (Wildman–Crippen MR) is 150 cm³/mol. The summed E-state index contributed by atoms with van der Waals surface area (Å²) >= 11 is 6.02. The van der Waals surface area contributed by atoms with Crippen LogP contribution in [0.5, 0.6) is 5.75 Å². The lowest BCUT2D eigenvalue weighted by Gasteiger charge is -2.31. The number of benzene rings is 2. The van der Waals surface area contributed by atoms with Crippen molar-refractivity contribution >= 4 is 34.3 Å². The van der Waals surface area contributed by atoms with Gasteiger partial charge in [-0.25, -0.2) is 9.78 Å². The number of allylic oxidation sites excluding steroid dienone is 2. The van der Waals surface area contributed by atoms with Gasteiger partial charge in [0.2, 0.25) is 0 Å². The third kappa shape index (κ3) is 6.46. The summed E-state index contributed by atoms with van der Waals surface area (Å²) in [6, 6.07) is 10.8. The van der Waals surface area contributed by atoms with Crippen LogP contribution in [0, 0.1) is 6.92 Å². The molecule has 4 rings (SSSR count). The van der Waals surface area contributed by atoms with Crippen LogP contribution < -0.4 is 21.8 Å². The number of nitrogens with two attached hydrogens (primary N) is 2. The van der Waals surface area contributed by atoms with E-state index in [1.165, 1.54) is 14.2 Å². The van der Waals surface area contributed by atoms with Crippen LogP contribution in [0.2, 0.25) is 5.02 Å². The molecule has 2 aromatic carbocycles. The molecule has 39 heavy (non-hydrogen) atoms. The molecule has 0 unspecified atom stereocenters. The van der Waals surface area contributed by atoms with Crippen LogP contribution in [0.1, 0.15) is 29.8 Å². The van der Waals surface area contributed by atoms with Crippen LogP contribution in [0.3, 0.4) is 0 Å². The largest absolute Gasteiger partial charge is 0.490 e. The maximum Gasteiger partial charge on any atom is 0.409 e. The van der Waals surface area contributed by atoms with Gasteiger partial charge < -0.3 is 30.6 Å². The zero-order valence-electron chi connectivity index (χ0n) is 22.1. The Hall–Kier alpha value is -4.18. The van der Waals surface area contributed by atoms with Gasteiger partial charge >= 0.3 is 6.09 Å². The summed E-state index contributed by atoms with van der Waals surface area (Å²) < 4.78 is 17.8. The third-order valence-electron chi connectivity index (χ3n) is 6.64. The van der Waals surface area contributed by atoms with Crippen LogP contribution in [0.25, 0.3) is 16.6 Å². The number of fused-ring (bicyclic) bond motifs is 1. The summed E-state index contributed by atoms with van der Waals surface area (Å²) in [5.74, 6) is 1.19. The van der Waals surface area contributed by atoms with Gasteiger partial charge in [0.25, 0.3) is 5.56 Å². The zero-order valence-corrected chi connectivity index (χ0v) is 22.9. The number of aromatic nitrogens is 2. The van der Waals surface area contributed by atoms with Gasteiger partial charge in [-0.2, -0.15) is 0 Å². The molecule has 0 spiro atoms. The highest BCUT2D eigenvalue weighted by atomic mass is 35.5. The lowest BCUT2D eigenvalue weighted by molar-refractivity contribution is 0.0790. The number of rotatable bonds is 7. The highest BCUT2D eigenvalue weighted by Gasteiger charge is 2.26. The van der Waals surface area contributed by atoms with Crippen molar-refractivity contribution in [3.8, 4) is 5.75 Å². The molecule has 0 aliphatic carbocycles. The number of amides is 1. The minimum atomic E-state index is -0.364. The molecule has 10 nitrogen and oxygen atoms in total. The predicted octanol–water partition coefficient (Wildman–Crippen LogP) is 3.76. The Morgan fingerprint density at radius 2 is 1.79 bits per heavy atom. The smallest absolute Gasteiger partial charge is 0.409 e. The fourth-order valence-corrected chi connectivity index (χ4v) is 4.56. The molecule has 206 valence electrons. The Morgan fingerprint density at radius 3 is 2.44 bits per heavy atom. The average Bonchev–Trinajstić information content (AvgIpc) is 2.94. The van der Waals surface area contributed by atoms with Crippen molar-refractivity contribution in [3.05, 3.63) is 86.8 Å². The number of carbonyl (C=O) groups is 1. The van der Waals surface area contributed by atoms with Crippen LogP contribution in [0.15, 0.2) is 59.2 Å². The summed E-state index contributed by atoms with van der Waals surface area (Å²) in [5.41, 5.74) is 14.3. The highest BCUT2D eigenvalue weighted by Crippen LogP contribution is 2.30. The lowest BCUT2D eigenvalue weighted by Crippen LogP contribution is -2.41. The first-order valence-electron chi connectivity index (χ1n) is 12.5. The van der Waals surface area contributed by atoms with Gasteiger partial charge in [0.1, 0.15) is 17.7 Å². The van der Waals surface area contributed by atoms with Gasteiger partial charge in [-0.1, -0.05) is 23.7 Å². The topological polar surface area (TPSA) is 135 Å². The van der Waals surface area contributed by atoms with Crippen molar-refractivity contribution in [2.45, 2.75) is 32.4 Å². The minimum Gasteiger partial charge on any atom is -0.490 e. The van der Waals surface area contributed by atoms with E-state index in [9.17, 15) is 9.59 Å². The number of halogens is 1. The number of hydrogen-bond donors (Lipinski definition) is 2. The molecule has 1 saturated heterocycles. The van der Waals surface area contributed by atoms with E-state index in [0.29, 0.717) is 71.2 Å². The number of aryl methyl sites for hydroxylation is 1. The summed E-state index contributed by atoms with van der Waals surface area (Å²) in [6.45, 7) is 3.12. The van der Waals surface area contributed by atoms with Crippen LogP contribution in [0.4, 0.5) is 4.79 Å². The molecule has 0 saturated carbocycles. The maximum atomic E-state index is 13.6. The van der Waals surface area contributed by atoms with E-state index in [1.807, 2.05) is 12.1 Å². The van der Waals surface area contributed by atoms with Gasteiger partial charge in [0, 0.05) is 42.2 Å². The van der Waals surface area contributed by atoms with E-state index < -0.39 is 0 Å². The molecule has 1 amide bonds. The first-order valence-corrected chi connectivity index (χ1v) is 12.8. The lowest BCUT2D eigenvalue weighted by atomic mass is 10.1. The molecule has 0 radical (unpaired) electrons. The Balaban J connectivity index is 1.75. The molecule has 3 aromatic rings. The van der Waals surface area contributed by atoms with Gasteiger partial charge in [0.15, 0.2) is 5.88 Å². The Kier molecular flexibility index (Phi) is 8.65. The molecule has 11 heteroatoms. The first-order chi connectivity index (χ1) is 18.7. The summed E-state index contributed by atoms with van der Waals surface area (Å²) in [7, 11) is 2.82. The number of likely N-dealkylation sites (tertiary alicyclic amines) is 1. The van der Waals surface area contributed by atoms with Crippen molar-refractivity contribution in [3.63, 3.8) is 0 Å². The molecule has 1 fully saturated rings. The standard InChI is InChI=1S/C28H32ClN5O5/c1-17-32-24-14-21(23(30)8-9-26(31)37-2)25(39-20-10-12-33(13-11-20)28(36)38-3)15-22(24)27(35)34(17)16-18-4-6-19(29)7-5-18/h4-9,14-15,20H,10-13,16,30-31H2,1-3H3/b23-8-,26-9+. The van der Waals surface area contributed by atoms with E-state index in [-0.39, 0.29) is 23.6 Å². The molecule has 1 aliphatic rings. The number of ether oxygens (including phenoxy) is 3. The fourth-order valence-electron chi connectivity index (χ4n) is 4.44. The molecule has 0 atom stereocenters. The number of hydrogen-bond acceptors (Lipinski definition) is 8. The highest BCUT2D eigenvalue weighted by molar-refractivity contribution is 6.30. The van der Waals surface area contributed by atoms with E-state index in [4.69, 9.17) is 42.3 Å². The molecular weight excluding hydrogens is 522 g/mol. The van der Waals surface area contributed by atoms with Gasteiger partial charge in [-0.05, 0) is 48.9 Å². The molecule has 0 bridgehead atoms. The second-order valence-corrected chi connectivity index (χ2v) is 9.65. The fraction of sp³-hybridized carbons (Fsp3) is 0.321. The van der Waals surface area contributed by atoms with Crippen molar-refractivity contribution in [1.29, 1.82) is 0 Å². The minimum absolute atomic E-state index is 0.190. The van der Waals surface area contributed by atoms with Crippen molar-refractivity contribution < 1.29 is 19.0 Å². The van der Waals surface area contributed by atoms with Crippen molar-refractivity contribution in [1.82, 2.24) is 14.5 Å². The zero-order chi connectivity index (χ0) is 28.1. The van der Waals surface area contributed by atoms with Gasteiger partial charge in [-0.3, -0.25) is 9.36 Å². The van der Waals surface area contributed by atoms with E-state index >= 15 is 0 Å². The maximum absolute atomic E-state index is 13.6. The van der Waals surface area contributed by atoms with Gasteiger partial charge in [-0.15, -0.1) is 0 Å². The summed E-state index contributed by atoms with van der Waals surface area (Å²) in [5, 5.41) is 1.03. The van der Waals surface area contributed by atoms with E-state index in [0.717, 1.165) is 5.56 Å². The van der Waals surface area contributed by atoms with E-state index in [2.05, 4.69) is 0 Å². The summed E-state index contributed by atoms with van der Waals surface area (Å²) in [4.78, 5) is 31.9. The second-order valence-electron chi connectivity index (χ2n) is 9.21. The second kappa shape index (κ2) is 12.1. The number of carbonyl (C=O) groups excluding carboxylic acids is 1. The molecular formula is C28H32ClN5O5. The van der Waals surface area contributed by atoms with E-state index in [1.54, 1.807) is 52.8 Å². The van der Waals surface area contributed by atoms with Crippen LogP contribution >= 0.6 is 11.6 Å². The van der Waals surface area contributed by atoms with Crippen LogP contribution in [-0.2, 0) is 16.0 Å². The molecule has 4 N–H and O–H groups in total. The Morgan fingerprint density at radius 1 is 1.10 bits per heavy atom. The number of piperidine rings is 1. The van der Waals surface area contributed by atoms with Crippen molar-refractivity contribution in [2.75, 3.05) is 27.3 Å². The monoisotopic (exact) mass is 553 g/mol. The Bertz CT molecular complexity index is 1470. The van der Waals surface area contributed by atoms with Crippen LogP contribution in [-0.4, -0.2) is 54.0 Å². The van der Waals surface area contributed by atoms with Gasteiger partial charge in [0.05, 0.1) is 31.7 Å². The molecule has 2 heterocycles. The van der Waals surface area contributed by atoms with Crippen molar-refractivity contribution in [2.24, 2.45) is 11.5 Å². The molecule has 1 aliphatic heterocycles. The quantitative estimate of drug-likeness (QED) is 0.333. The Labute approximate surface area is 231 Å². The molecule has 1 aromatic heterocycles. The first kappa shape index (κ1) is 27.8. The SMILES string of the molecule is COC(=O)N1CCC(Oc2cc3c(=O)n(Cc4ccc(Cl)cc4)c(C)nc3cc2/C(N)=C/C=C(\N)OC)CC1. The number of nitrogens with zero attached hydrogens (tertiary/aromatic N) is 3. The number of methoxy groups -OCH3 is 2. The third-order valence-corrected chi connectivity index (χ3v) is 6.89. The average molecular weight is 554 g/mol. The normalized spacial score (nSPS) is 14.9. The summed E-state index contributed by atoms with van der Waals surface area (Å²) in [6.07, 6.45) is 3.79.